The van der Waals surface area contributed by atoms with Gasteiger partial charge < -0.3 is 53.3 Å². The molecule has 2 N–H and O–H groups in total. The third-order valence-corrected chi connectivity index (χ3v) is 16.9. The highest BCUT2D eigenvalue weighted by Crippen LogP contribution is 2.46. The first-order chi connectivity index (χ1) is 34.7. The summed E-state index contributed by atoms with van der Waals surface area (Å²) in [5, 5.41) is 23.7. The number of piperidine rings is 1. The molecule has 1 aliphatic carbocycles. The zero-order valence-corrected chi connectivity index (χ0v) is 45.1. The minimum Gasteiger partial charge on any atom is -0.460 e. The van der Waals surface area contributed by atoms with Gasteiger partial charge in [0.15, 0.2) is 5.78 Å². The average Bonchev–Trinajstić information content (AvgIpc) is 3.37. The normalized spacial score (nSPS) is 40.8. The standard InChI is InChI=1S/C56H85N3O14/c1-33-15-12-11-13-16-34(2)45(68-8)31-40-20-18-38(6)56(67,73-40)52(63)53(64)59-22-14-17-41-42(29-39-19-21-44(47(30-39)69-9)72-55(66)58-25-23-57(7)24-26-58)46(71-54(65)48(41)59)32-43(60)35(3)28-37(5)50(62)51(70-10)49(61)36(4)27-33/h11-13,15-16,28,33,35-36,38-42,44-48,50-51,62,67H,14,17-27,29-32H2,1-10H3/b13-11+,15-12+,34-16+,37-28+/t33-,35-,36-,38-,39+,40+,41?,42+,44-,45+,46+,47-,48+,50-,51+,56-/m1/s1. The number of ketones is 3. The van der Waals surface area contributed by atoms with Crippen molar-refractivity contribution in [1.29, 1.82) is 0 Å². The molecule has 6 bridgehead atoms. The minimum absolute atomic E-state index is 0.00567. The van der Waals surface area contributed by atoms with Crippen LogP contribution in [0.3, 0.4) is 0 Å². The quantitative estimate of drug-likeness (QED) is 0.183. The Hall–Kier alpha value is -4.10. The number of Topliss-reactive ketones (excluding diaryl/α,β-unsaturated/α-hetero) is 3. The maximum absolute atomic E-state index is 14.6. The van der Waals surface area contributed by atoms with Crippen molar-refractivity contribution in [3.63, 3.8) is 0 Å². The number of likely N-dealkylation sites (N-methyl/N-ethyl adjacent to an activating group) is 1. The number of aliphatic hydroxyl groups excluding tert-OH is 1. The second kappa shape index (κ2) is 26.1. The van der Waals surface area contributed by atoms with E-state index in [-0.39, 0.29) is 42.5 Å². The van der Waals surface area contributed by atoms with E-state index in [4.69, 9.17) is 28.4 Å². The summed E-state index contributed by atoms with van der Waals surface area (Å²) in [5.41, 5.74) is 1.26. The SMILES string of the molecule is CO[C@H]1C[C@@H]2CC[C@@H](C)[C@@](O)(O2)C(=O)C(=O)N2CCCC3[C@H]2C(=O)O[C@@H](CC(=O)[C@H](C)/C=C(\C)[C@@H](O)[C@@H](OC)C(=O)[C@H](C)C[C@H](C)/C=C/C=C/C=C/1C)[C@H]3C[C@@H]1CC[C@@H](OC(=O)N2CCN(C)CC2)[C@H](OC)C1. The molecule has 0 aromatic carbocycles. The number of rotatable bonds is 6. The van der Waals surface area contributed by atoms with Crippen LogP contribution >= 0.6 is 0 Å². The Kier molecular flexibility index (Phi) is 20.8. The van der Waals surface area contributed by atoms with Crippen LogP contribution in [0, 0.1) is 41.4 Å². The molecule has 408 valence electrons. The van der Waals surface area contributed by atoms with Crippen LogP contribution in [0.2, 0.25) is 0 Å². The molecular formula is C56H85N3O14. The van der Waals surface area contributed by atoms with Gasteiger partial charge in [-0.1, -0.05) is 64.2 Å². The highest BCUT2D eigenvalue weighted by Gasteiger charge is 2.57. The Morgan fingerprint density at radius 3 is 2.23 bits per heavy atom. The maximum atomic E-state index is 14.6. The van der Waals surface area contributed by atoms with Crippen molar-refractivity contribution in [2.75, 3.05) is 61.1 Å². The van der Waals surface area contributed by atoms with Gasteiger partial charge in [0.2, 0.25) is 5.79 Å². The Balaban J connectivity index is 1.31. The van der Waals surface area contributed by atoms with Crippen molar-refractivity contribution in [2.45, 2.75) is 167 Å². The van der Waals surface area contributed by atoms with Crippen LogP contribution in [0.4, 0.5) is 4.79 Å². The third-order valence-electron chi connectivity index (χ3n) is 16.9. The minimum atomic E-state index is -2.46. The lowest BCUT2D eigenvalue weighted by molar-refractivity contribution is -0.266. The van der Waals surface area contributed by atoms with E-state index in [9.17, 15) is 39.0 Å². The monoisotopic (exact) mass is 1020 g/mol. The number of fused-ring (bicyclic) bond motifs is 3. The summed E-state index contributed by atoms with van der Waals surface area (Å²) in [4.78, 5) is 90.2. The van der Waals surface area contributed by atoms with Gasteiger partial charge >= 0.3 is 12.1 Å². The van der Waals surface area contributed by atoms with E-state index in [0.717, 1.165) is 18.7 Å². The molecule has 5 heterocycles. The Bertz CT molecular complexity index is 2080. The molecule has 16 atom stereocenters. The first-order valence-corrected chi connectivity index (χ1v) is 26.8. The summed E-state index contributed by atoms with van der Waals surface area (Å²) in [6, 6.07) is -1.16. The number of hydrogen-bond donors (Lipinski definition) is 2. The first kappa shape index (κ1) is 58.2. The van der Waals surface area contributed by atoms with Crippen molar-refractivity contribution in [2.24, 2.45) is 41.4 Å². The van der Waals surface area contributed by atoms with Crippen LogP contribution in [0.1, 0.15) is 112 Å². The van der Waals surface area contributed by atoms with Crippen LogP contribution in [0.5, 0.6) is 0 Å². The molecule has 6 aliphatic rings. The van der Waals surface area contributed by atoms with Crippen molar-refractivity contribution in [3.05, 3.63) is 47.6 Å². The number of carbonyl (C=O) groups is 6. The molecule has 17 nitrogen and oxygen atoms in total. The smallest absolute Gasteiger partial charge is 0.410 e. The van der Waals surface area contributed by atoms with Gasteiger partial charge in [0.1, 0.15) is 36.2 Å². The van der Waals surface area contributed by atoms with E-state index < -0.39 is 102 Å². The number of piperazine rings is 1. The summed E-state index contributed by atoms with van der Waals surface area (Å²) >= 11 is 0. The molecule has 73 heavy (non-hydrogen) atoms. The number of methoxy groups -OCH3 is 3. The highest BCUT2D eigenvalue weighted by molar-refractivity contribution is 6.39. The number of hydrogen-bond acceptors (Lipinski definition) is 15. The molecule has 2 amide bonds. The van der Waals surface area contributed by atoms with E-state index >= 15 is 0 Å². The predicted molar refractivity (Wildman–Crippen MR) is 272 cm³/mol. The van der Waals surface area contributed by atoms with Crippen LogP contribution < -0.4 is 0 Å². The number of allylic oxidation sites excluding steroid dienone is 6. The molecule has 0 radical (unpaired) electrons. The molecule has 5 aliphatic heterocycles. The van der Waals surface area contributed by atoms with Gasteiger partial charge in [0.25, 0.3) is 11.7 Å². The molecule has 0 aromatic rings. The summed E-state index contributed by atoms with van der Waals surface area (Å²) in [6.45, 7) is 13.5. The molecule has 0 aromatic heterocycles. The van der Waals surface area contributed by atoms with Crippen molar-refractivity contribution in [1.82, 2.24) is 14.7 Å². The fourth-order valence-electron chi connectivity index (χ4n) is 12.2. The van der Waals surface area contributed by atoms with Gasteiger partial charge in [-0.25, -0.2) is 9.59 Å². The van der Waals surface area contributed by atoms with E-state index in [1.165, 1.54) is 12.0 Å². The molecule has 5 fully saturated rings. The summed E-state index contributed by atoms with van der Waals surface area (Å²) in [5.74, 6) is -8.73. The zero-order chi connectivity index (χ0) is 53.3. The Morgan fingerprint density at radius 1 is 0.822 bits per heavy atom. The van der Waals surface area contributed by atoms with E-state index in [2.05, 4.69) is 4.90 Å². The molecule has 17 heteroatoms. The molecule has 4 saturated heterocycles. The Labute approximate surface area is 433 Å². The lowest BCUT2D eigenvalue weighted by atomic mass is 9.68. The first-order valence-electron chi connectivity index (χ1n) is 26.8. The van der Waals surface area contributed by atoms with Crippen molar-refractivity contribution < 1.29 is 67.4 Å². The molecule has 0 spiro atoms. The fourth-order valence-corrected chi connectivity index (χ4v) is 12.2. The summed E-state index contributed by atoms with van der Waals surface area (Å²) in [6.07, 6.45) is 10.3. The van der Waals surface area contributed by atoms with Crippen molar-refractivity contribution >= 4 is 35.3 Å². The number of esters is 1. The van der Waals surface area contributed by atoms with Crippen LogP contribution in [0.15, 0.2) is 47.6 Å². The maximum Gasteiger partial charge on any atom is 0.410 e. The summed E-state index contributed by atoms with van der Waals surface area (Å²) in [7, 11) is 6.58. The lowest BCUT2D eigenvalue weighted by Crippen LogP contribution is -2.65. The van der Waals surface area contributed by atoms with Crippen molar-refractivity contribution in [3.8, 4) is 0 Å². The van der Waals surface area contributed by atoms with Gasteiger partial charge in [0, 0.05) is 90.6 Å². The van der Waals surface area contributed by atoms with Crippen LogP contribution in [0.25, 0.3) is 0 Å². The molecule has 1 saturated carbocycles. The fraction of sp³-hybridized carbons (Fsp3) is 0.750. The van der Waals surface area contributed by atoms with E-state index in [1.807, 2.05) is 58.2 Å². The number of ether oxygens (including phenoxy) is 6. The lowest BCUT2D eigenvalue weighted by Gasteiger charge is -2.50. The van der Waals surface area contributed by atoms with Gasteiger partial charge in [-0.2, -0.15) is 0 Å². The number of nitrogens with zero attached hydrogens (tertiary/aromatic N) is 3. The highest BCUT2D eigenvalue weighted by atomic mass is 16.6. The topological polar surface area (TPSA) is 208 Å². The Morgan fingerprint density at radius 2 is 1.55 bits per heavy atom. The van der Waals surface area contributed by atoms with Gasteiger partial charge in [-0.05, 0) is 108 Å². The van der Waals surface area contributed by atoms with Crippen LogP contribution in [-0.2, 0) is 52.4 Å². The predicted octanol–water partition coefficient (Wildman–Crippen LogP) is 5.79. The molecule has 1 unspecified atom stereocenters. The third kappa shape index (κ3) is 14.0. The molecular weight excluding hydrogens is 939 g/mol. The van der Waals surface area contributed by atoms with Crippen LogP contribution in [-0.4, -0.2) is 176 Å². The number of aliphatic hydroxyl groups is 2. The zero-order valence-electron chi connectivity index (χ0n) is 45.1. The second-order valence-corrected chi connectivity index (χ2v) is 22.2. The van der Waals surface area contributed by atoms with Gasteiger partial charge in [0.05, 0.1) is 18.3 Å². The summed E-state index contributed by atoms with van der Waals surface area (Å²) < 4.78 is 36.0. The van der Waals surface area contributed by atoms with E-state index in [0.29, 0.717) is 82.9 Å². The number of carbonyl (C=O) groups excluding carboxylic acids is 6. The van der Waals surface area contributed by atoms with E-state index in [1.54, 1.807) is 46.0 Å². The van der Waals surface area contributed by atoms with Gasteiger partial charge in [-0.15, -0.1) is 0 Å². The second-order valence-electron chi connectivity index (χ2n) is 22.2. The van der Waals surface area contributed by atoms with Gasteiger partial charge in [-0.3, -0.25) is 19.2 Å². The number of amides is 2. The average molecular weight is 1020 g/mol. The molecule has 6 rings (SSSR count). The largest absolute Gasteiger partial charge is 0.460 e.